The number of carbonyl (C=O) groups excluding carboxylic acids is 2. The third-order valence-corrected chi connectivity index (χ3v) is 5.05. The predicted octanol–water partition coefficient (Wildman–Crippen LogP) is 2.37. The van der Waals surface area contributed by atoms with Gasteiger partial charge in [0, 0.05) is 44.0 Å². The van der Waals surface area contributed by atoms with Crippen LogP contribution in [0.5, 0.6) is 5.75 Å². The van der Waals surface area contributed by atoms with Gasteiger partial charge in [-0.2, -0.15) is 0 Å². The van der Waals surface area contributed by atoms with E-state index in [1.807, 2.05) is 42.2 Å². The molecule has 1 aromatic heterocycles. The summed E-state index contributed by atoms with van der Waals surface area (Å²) in [6.07, 6.45) is 2.11. The number of esters is 1. The Bertz CT molecular complexity index is 811. The maximum Gasteiger partial charge on any atom is 0.306 e. The number of pyridine rings is 1. The standard InChI is InChI=1S/C22H27N3O4/c1-17-15-24(12-10-21(26)28-2)13-14-25(17)22(27)18-6-8-20(9-7-18)29-16-19-5-3-4-11-23-19/h3-9,11,17H,10,12-16H2,1-2H3/t17-/m1/s1. The van der Waals surface area contributed by atoms with Gasteiger partial charge in [-0.25, -0.2) is 0 Å². The molecule has 1 atom stereocenters. The van der Waals surface area contributed by atoms with Crippen LogP contribution in [-0.2, 0) is 16.1 Å². The number of ether oxygens (including phenoxy) is 2. The van der Waals surface area contributed by atoms with Gasteiger partial charge in [-0.05, 0) is 43.3 Å². The van der Waals surface area contributed by atoms with Crippen molar-refractivity contribution in [3.63, 3.8) is 0 Å². The third kappa shape index (κ3) is 5.77. The van der Waals surface area contributed by atoms with Crippen molar-refractivity contribution in [1.29, 1.82) is 0 Å². The van der Waals surface area contributed by atoms with E-state index >= 15 is 0 Å². The summed E-state index contributed by atoms with van der Waals surface area (Å²) in [5.41, 5.74) is 1.50. The van der Waals surface area contributed by atoms with E-state index < -0.39 is 0 Å². The van der Waals surface area contributed by atoms with E-state index in [2.05, 4.69) is 9.88 Å². The van der Waals surface area contributed by atoms with E-state index in [9.17, 15) is 9.59 Å². The lowest BCUT2D eigenvalue weighted by Gasteiger charge is -2.39. The maximum atomic E-state index is 12.9. The summed E-state index contributed by atoms with van der Waals surface area (Å²) in [4.78, 5) is 32.5. The van der Waals surface area contributed by atoms with Crippen molar-refractivity contribution < 1.29 is 19.1 Å². The molecule has 1 aromatic carbocycles. The summed E-state index contributed by atoms with van der Waals surface area (Å²) in [5.74, 6) is 0.510. The van der Waals surface area contributed by atoms with Crippen LogP contribution in [0, 0.1) is 0 Å². The number of nitrogens with zero attached hydrogens (tertiary/aromatic N) is 3. The minimum absolute atomic E-state index is 0.0152. The van der Waals surface area contributed by atoms with Crippen molar-refractivity contribution in [3.8, 4) is 5.75 Å². The SMILES string of the molecule is COC(=O)CCN1CCN(C(=O)c2ccc(OCc3ccccn3)cc2)[C@H](C)C1. The van der Waals surface area contributed by atoms with Gasteiger partial charge < -0.3 is 14.4 Å². The highest BCUT2D eigenvalue weighted by Gasteiger charge is 2.28. The van der Waals surface area contributed by atoms with Crippen molar-refractivity contribution in [2.24, 2.45) is 0 Å². The van der Waals surface area contributed by atoms with Crippen LogP contribution in [0.15, 0.2) is 48.7 Å². The van der Waals surface area contributed by atoms with Gasteiger partial charge >= 0.3 is 5.97 Å². The Morgan fingerprint density at radius 1 is 1.14 bits per heavy atom. The third-order valence-electron chi connectivity index (χ3n) is 5.05. The maximum absolute atomic E-state index is 12.9. The molecule has 0 bridgehead atoms. The van der Waals surface area contributed by atoms with E-state index in [1.165, 1.54) is 7.11 Å². The molecule has 7 nitrogen and oxygen atoms in total. The number of aromatic nitrogens is 1. The minimum atomic E-state index is -0.207. The fourth-order valence-corrected chi connectivity index (χ4v) is 3.39. The average Bonchev–Trinajstić information content (AvgIpc) is 2.76. The highest BCUT2D eigenvalue weighted by atomic mass is 16.5. The van der Waals surface area contributed by atoms with Gasteiger partial charge in [0.25, 0.3) is 5.91 Å². The number of rotatable bonds is 7. The molecule has 7 heteroatoms. The van der Waals surface area contributed by atoms with Crippen molar-refractivity contribution in [3.05, 3.63) is 59.9 Å². The molecule has 0 saturated carbocycles. The molecule has 1 fully saturated rings. The molecule has 154 valence electrons. The molecular weight excluding hydrogens is 370 g/mol. The van der Waals surface area contributed by atoms with Gasteiger partial charge in [0.2, 0.25) is 0 Å². The molecule has 1 aliphatic rings. The lowest BCUT2D eigenvalue weighted by molar-refractivity contribution is -0.141. The first-order chi connectivity index (χ1) is 14.1. The second kappa shape index (κ2) is 10.0. The molecule has 0 unspecified atom stereocenters. The van der Waals surface area contributed by atoms with Crippen molar-refractivity contribution in [2.75, 3.05) is 33.3 Å². The van der Waals surface area contributed by atoms with Crippen LogP contribution in [0.4, 0.5) is 0 Å². The highest BCUT2D eigenvalue weighted by molar-refractivity contribution is 5.94. The highest BCUT2D eigenvalue weighted by Crippen LogP contribution is 2.18. The number of amides is 1. The zero-order chi connectivity index (χ0) is 20.6. The zero-order valence-corrected chi connectivity index (χ0v) is 16.9. The van der Waals surface area contributed by atoms with Gasteiger partial charge in [0.1, 0.15) is 12.4 Å². The van der Waals surface area contributed by atoms with Crippen LogP contribution in [0.2, 0.25) is 0 Å². The number of piperazine rings is 1. The van der Waals surface area contributed by atoms with Crippen LogP contribution in [-0.4, -0.2) is 66.0 Å². The van der Waals surface area contributed by atoms with E-state index in [0.29, 0.717) is 37.4 Å². The first kappa shape index (κ1) is 20.8. The molecule has 0 N–H and O–H groups in total. The lowest BCUT2D eigenvalue weighted by Crippen LogP contribution is -2.54. The Labute approximate surface area is 171 Å². The van der Waals surface area contributed by atoms with Gasteiger partial charge in [-0.15, -0.1) is 0 Å². The van der Waals surface area contributed by atoms with E-state index in [0.717, 1.165) is 18.8 Å². The first-order valence-corrected chi connectivity index (χ1v) is 9.79. The summed E-state index contributed by atoms with van der Waals surface area (Å²) in [6.45, 7) is 5.21. The number of hydrogen-bond acceptors (Lipinski definition) is 6. The number of carbonyl (C=O) groups is 2. The molecular formula is C22H27N3O4. The Morgan fingerprint density at radius 2 is 1.93 bits per heavy atom. The summed E-state index contributed by atoms with van der Waals surface area (Å²) >= 11 is 0. The van der Waals surface area contributed by atoms with Gasteiger partial charge in [0.15, 0.2) is 0 Å². The topological polar surface area (TPSA) is 72.0 Å². The number of methoxy groups -OCH3 is 1. The van der Waals surface area contributed by atoms with Crippen LogP contribution in [0.25, 0.3) is 0 Å². The van der Waals surface area contributed by atoms with Crippen molar-refractivity contribution in [2.45, 2.75) is 26.0 Å². The molecule has 3 rings (SSSR count). The Hall–Kier alpha value is -2.93. The first-order valence-electron chi connectivity index (χ1n) is 9.79. The molecule has 2 heterocycles. The van der Waals surface area contributed by atoms with Crippen LogP contribution in [0.1, 0.15) is 29.4 Å². The molecule has 1 amide bonds. The monoisotopic (exact) mass is 397 g/mol. The molecule has 2 aromatic rings. The van der Waals surface area contributed by atoms with Crippen LogP contribution in [0.3, 0.4) is 0 Å². The fourth-order valence-electron chi connectivity index (χ4n) is 3.39. The molecule has 1 aliphatic heterocycles. The van der Waals surface area contributed by atoms with E-state index in [1.54, 1.807) is 18.3 Å². The average molecular weight is 397 g/mol. The quantitative estimate of drug-likeness (QED) is 0.668. The van der Waals surface area contributed by atoms with Crippen molar-refractivity contribution >= 4 is 11.9 Å². The van der Waals surface area contributed by atoms with Crippen LogP contribution < -0.4 is 4.74 Å². The van der Waals surface area contributed by atoms with Crippen molar-refractivity contribution in [1.82, 2.24) is 14.8 Å². The number of benzene rings is 1. The molecule has 0 radical (unpaired) electrons. The number of hydrogen-bond donors (Lipinski definition) is 0. The van der Waals surface area contributed by atoms with Gasteiger partial charge in [-0.1, -0.05) is 6.07 Å². The lowest BCUT2D eigenvalue weighted by atomic mass is 10.1. The van der Waals surface area contributed by atoms with Crippen LogP contribution >= 0.6 is 0 Å². The second-order valence-corrected chi connectivity index (χ2v) is 7.11. The molecule has 0 aliphatic carbocycles. The Balaban J connectivity index is 1.51. The summed E-state index contributed by atoms with van der Waals surface area (Å²) in [5, 5.41) is 0. The predicted molar refractivity (Wildman–Crippen MR) is 109 cm³/mol. The summed E-state index contributed by atoms with van der Waals surface area (Å²) < 4.78 is 10.4. The second-order valence-electron chi connectivity index (χ2n) is 7.11. The summed E-state index contributed by atoms with van der Waals surface area (Å²) in [6, 6.07) is 13.0. The largest absolute Gasteiger partial charge is 0.487 e. The van der Waals surface area contributed by atoms with Gasteiger partial charge in [-0.3, -0.25) is 19.5 Å². The Kier molecular flexibility index (Phi) is 7.19. The smallest absolute Gasteiger partial charge is 0.306 e. The summed E-state index contributed by atoms with van der Waals surface area (Å²) in [7, 11) is 1.40. The molecule has 29 heavy (non-hydrogen) atoms. The zero-order valence-electron chi connectivity index (χ0n) is 16.9. The van der Waals surface area contributed by atoms with E-state index in [4.69, 9.17) is 9.47 Å². The Morgan fingerprint density at radius 3 is 2.59 bits per heavy atom. The molecule has 0 spiro atoms. The normalized spacial score (nSPS) is 17.0. The van der Waals surface area contributed by atoms with E-state index in [-0.39, 0.29) is 17.9 Å². The fraction of sp³-hybridized carbons (Fsp3) is 0.409. The molecule has 1 saturated heterocycles. The minimum Gasteiger partial charge on any atom is -0.487 e. The van der Waals surface area contributed by atoms with Gasteiger partial charge in [0.05, 0.1) is 19.2 Å².